The number of imide groups is 2. The molecule has 2 N–H and O–H groups in total. The van der Waals surface area contributed by atoms with E-state index >= 15 is 0 Å². The summed E-state index contributed by atoms with van der Waals surface area (Å²) in [4.78, 5) is 51.3. The summed E-state index contributed by atoms with van der Waals surface area (Å²) in [6.45, 7) is 1.60. The fourth-order valence-electron chi connectivity index (χ4n) is 3.62. The maximum atomic E-state index is 13.2. The van der Waals surface area contributed by atoms with Crippen molar-refractivity contribution in [1.29, 1.82) is 0 Å². The number of carbonyl (C=O) groups is 4. The lowest BCUT2D eigenvalue weighted by Gasteiger charge is -2.26. The van der Waals surface area contributed by atoms with E-state index in [9.17, 15) is 19.2 Å². The number of hydrogen-bond donors (Lipinski definition) is 2. The third kappa shape index (κ3) is 6.69. The van der Waals surface area contributed by atoms with Gasteiger partial charge in [-0.2, -0.15) is 0 Å². The molecule has 1 aliphatic heterocycles. The fourth-order valence-corrected chi connectivity index (χ4v) is 4.20. The van der Waals surface area contributed by atoms with E-state index in [0.717, 1.165) is 4.90 Å². The standard InChI is InChI=1S/C27H20Cl3N3O6/c1-2-38-22-12-15(11-21(30)24(22)39-14-23(34)31-18-8-6-16(28)7-9-18)10-20-25(35)32-27(37)33(26(20)36)19-5-3-4-17(29)13-19/h3-13H,2,14H2,1H3,(H,31,34)(H,32,35,37)/b20-10+. The van der Waals surface area contributed by atoms with E-state index in [1.807, 2.05) is 0 Å². The summed E-state index contributed by atoms with van der Waals surface area (Å²) in [6.07, 6.45) is 1.27. The normalized spacial score (nSPS) is 14.3. The maximum absolute atomic E-state index is 13.2. The molecule has 3 aromatic rings. The number of amides is 5. The van der Waals surface area contributed by atoms with E-state index in [2.05, 4.69) is 10.6 Å². The highest BCUT2D eigenvalue weighted by Gasteiger charge is 2.37. The van der Waals surface area contributed by atoms with Crippen LogP contribution in [0.1, 0.15) is 12.5 Å². The molecular formula is C27H20Cl3N3O6. The number of benzene rings is 3. The van der Waals surface area contributed by atoms with E-state index in [0.29, 0.717) is 21.3 Å². The minimum atomic E-state index is -0.905. The lowest BCUT2D eigenvalue weighted by molar-refractivity contribution is -0.122. The molecule has 0 radical (unpaired) electrons. The lowest BCUT2D eigenvalue weighted by Crippen LogP contribution is -2.54. The molecule has 5 amide bonds. The molecule has 0 saturated carbocycles. The van der Waals surface area contributed by atoms with Crippen LogP contribution in [0.2, 0.25) is 15.1 Å². The molecule has 0 bridgehead atoms. The Morgan fingerprint density at radius 2 is 1.72 bits per heavy atom. The molecule has 0 unspecified atom stereocenters. The van der Waals surface area contributed by atoms with Gasteiger partial charge >= 0.3 is 6.03 Å². The average Bonchev–Trinajstić information content (AvgIpc) is 2.87. The van der Waals surface area contributed by atoms with Crippen LogP contribution in [0, 0.1) is 0 Å². The molecule has 0 aromatic heterocycles. The van der Waals surface area contributed by atoms with Gasteiger partial charge in [0.25, 0.3) is 17.7 Å². The van der Waals surface area contributed by atoms with Crippen LogP contribution in [0.25, 0.3) is 6.08 Å². The second kappa shape index (κ2) is 12.2. The van der Waals surface area contributed by atoms with Gasteiger partial charge in [0.1, 0.15) is 5.57 Å². The first-order valence-corrected chi connectivity index (χ1v) is 12.6. The maximum Gasteiger partial charge on any atom is 0.335 e. The third-order valence-electron chi connectivity index (χ3n) is 5.29. The molecule has 1 fully saturated rings. The second-order valence-corrected chi connectivity index (χ2v) is 9.32. The van der Waals surface area contributed by atoms with E-state index in [1.54, 1.807) is 43.3 Å². The van der Waals surface area contributed by atoms with Gasteiger partial charge < -0.3 is 14.8 Å². The number of ether oxygens (including phenoxy) is 2. The van der Waals surface area contributed by atoms with Gasteiger partial charge in [-0.1, -0.05) is 40.9 Å². The third-order valence-corrected chi connectivity index (χ3v) is 6.05. The molecule has 1 saturated heterocycles. The lowest BCUT2D eigenvalue weighted by atomic mass is 10.1. The van der Waals surface area contributed by atoms with Gasteiger partial charge in [-0.15, -0.1) is 0 Å². The minimum Gasteiger partial charge on any atom is -0.490 e. The highest BCUT2D eigenvalue weighted by molar-refractivity contribution is 6.39. The van der Waals surface area contributed by atoms with Crippen molar-refractivity contribution in [3.63, 3.8) is 0 Å². The number of nitrogens with one attached hydrogen (secondary N) is 2. The van der Waals surface area contributed by atoms with Crippen LogP contribution in [0.15, 0.2) is 66.2 Å². The van der Waals surface area contributed by atoms with Gasteiger partial charge in [0, 0.05) is 15.7 Å². The van der Waals surface area contributed by atoms with Crippen LogP contribution in [0.3, 0.4) is 0 Å². The second-order valence-electron chi connectivity index (χ2n) is 8.04. The number of barbiturate groups is 1. The molecular weight excluding hydrogens is 569 g/mol. The highest BCUT2D eigenvalue weighted by Crippen LogP contribution is 2.37. The Balaban J connectivity index is 1.58. The molecule has 12 heteroatoms. The molecule has 4 rings (SSSR count). The predicted octanol–water partition coefficient (Wildman–Crippen LogP) is 5.73. The number of carbonyl (C=O) groups excluding carboxylic acids is 4. The van der Waals surface area contributed by atoms with Crippen molar-refractivity contribution in [3.05, 3.63) is 86.9 Å². The zero-order chi connectivity index (χ0) is 28.1. The van der Waals surface area contributed by atoms with Crippen molar-refractivity contribution in [3.8, 4) is 11.5 Å². The summed E-state index contributed by atoms with van der Waals surface area (Å²) in [5.41, 5.74) is 0.730. The van der Waals surface area contributed by atoms with Crippen molar-refractivity contribution in [2.75, 3.05) is 23.4 Å². The van der Waals surface area contributed by atoms with Crippen molar-refractivity contribution < 1.29 is 28.7 Å². The van der Waals surface area contributed by atoms with Gasteiger partial charge in [-0.3, -0.25) is 19.7 Å². The number of hydrogen-bond acceptors (Lipinski definition) is 6. The SMILES string of the molecule is CCOc1cc(/C=C2\C(=O)NC(=O)N(c3cccc(Cl)c3)C2=O)cc(Cl)c1OCC(=O)Nc1ccc(Cl)cc1. The summed E-state index contributed by atoms with van der Waals surface area (Å²) in [6, 6.07) is 14.7. The number of halogens is 3. The average molecular weight is 589 g/mol. The van der Waals surface area contributed by atoms with Crippen LogP contribution >= 0.6 is 34.8 Å². The molecule has 39 heavy (non-hydrogen) atoms. The predicted molar refractivity (Wildman–Crippen MR) is 149 cm³/mol. The van der Waals surface area contributed by atoms with E-state index in [1.165, 1.54) is 30.3 Å². The van der Waals surface area contributed by atoms with Crippen LogP contribution in [-0.2, 0) is 14.4 Å². The Bertz CT molecular complexity index is 1490. The first-order valence-electron chi connectivity index (χ1n) is 11.5. The minimum absolute atomic E-state index is 0.0681. The fraction of sp³-hybridized carbons (Fsp3) is 0.111. The van der Waals surface area contributed by atoms with Crippen LogP contribution in [0.5, 0.6) is 11.5 Å². The zero-order valence-electron chi connectivity index (χ0n) is 20.3. The molecule has 3 aromatic carbocycles. The van der Waals surface area contributed by atoms with E-state index < -0.39 is 23.8 Å². The molecule has 200 valence electrons. The number of rotatable bonds is 8. The van der Waals surface area contributed by atoms with Crippen molar-refractivity contribution in [2.45, 2.75) is 6.92 Å². The van der Waals surface area contributed by atoms with Gasteiger partial charge in [0.15, 0.2) is 18.1 Å². The Labute approximate surface area is 238 Å². The molecule has 0 spiro atoms. The first kappa shape index (κ1) is 28.0. The largest absolute Gasteiger partial charge is 0.490 e. The summed E-state index contributed by atoms with van der Waals surface area (Å²) >= 11 is 18.3. The monoisotopic (exact) mass is 587 g/mol. The smallest absolute Gasteiger partial charge is 0.335 e. The summed E-state index contributed by atoms with van der Waals surface area (Å²) in [5.74, 6) is -1.89. The Hall–Kier alpha value is -4.05. The molecule has 1 aliphatic rings. The van der Waals surface area contributed by atoms with Crippen molar-refractivity contribution >= 4 is 76.0 Å². The van der Waals surface area contributed by atoms with E-state index in [4.69, 9.17) is 44.3 Å². The number of anilines is 2. The summed E-state index contributed by atoms with van der Waals surface area (Å²) in [5, 5.41) is 5.72. The van der Waals surface area contributed by atoms with Crippen LogP contribution in [-0.4, -0.2) is 37.0 Å². The Morgan fingerprint density at radius 1 is 0.974 bits per heavy atom. The van der Waals surface area contributed by atoms with Crippen molar-refractivity contribution in [2.24, 2.45) is 0 Å². The van der Waals surface area contributed by atoms with Gasteiger partial charge in [0.05, 0.1) is 17.3 Å². The van der Waals surface area contributed by atoms with E-state index in [-0.39, 0.29) is 41.0 Å². The molecule has 0 aliphatic carbocycles. The highest BCUT2D eigenvalue weighted by atomic mass is 35.5. The van der Waals surface area contributed by atoms with Gasteiger partial charge in [-0.25, -0.2) is 9.69 Å². The molecule has 0 atom stereocenters. The first-order chi connectivity index (χ1) is 18.7. The van der Waals surface area contributed by atoms with Gasteiger partial charge in [0.2, 0.25) is 0 Å². The summed E-state index contributed by atoms with van der Waals surface area (Å²) in [7, 11) is 0. The van der Waals surface area contributed by atoms with Crippen molar-refractivity contribution in [1.82, 2.24) is 5.32 Å². The summed E-state index contributed by atoms with van der Waals surface area (Å²) < 4.78 is 11.3. The zero-order valence-corrected chi connectivity index (χ0v) is 22.6. The molecule has 1 heterocycles. The van der Waals surface area contributed by atoms with Crippen LogP contribution in [0.4, 0.5) is 16.2 Å². The number of urea groups is 1. The molecule has 9 nitrogen and oxygen atoms in total. The van der Waals surface area contributed by atoms with Gasteiger partial charge in [-0.05, 0) is 73.2 Å². The quantitative estimate of drug-likeness (QED) is 0.257. The Morgan fingerprint density at radius 3 is 2.41 bits per heavy atom. The Kier molecular flexibility index (Phi) is 8.75. The topological polar surface area (TPSA) is 114 Å². The van der Waals surface area contributed by atoms with Crippen LogP contribution < -0.4 is 25.0 Å². The number of nitrogens with zero attached hydrogens (tertiary/aromatic N) is 1.